The highest BCUT2D eigenvalue weighted by atomic mass is 16.6. The molecule has 0 heterocycles. The van der Waals surface area contributed by atoms with Crippen LogP contribution in [0.5, 0.6) is 11.5 Å². The maximum absolute atomic E-state index is 12.3. The Kier molecular flexibility index (Phi) is 7.47. The van der Waals surface area contributed by atoms with Crippen molar-refractivity contribution in [3.8, 4) is 17.6 Å². The molecule has 0 spiro atoms. The minimum absolute atomic E-state index is 0.311. The minimum atomic E-state index is -0.992. The highest BCUT2D eigenvalue weighted by molar-refractivity contribution is 5.84. The largest absolute Gasteiger partial charge is 0.494 e. The van der Waals surface area contributed by atoms with Crippen LogP contribution in [0.3, 0.4) is 0 Å². The predicted molar refractivity (Wildman–Crippen MR) is 98.2 cm³/mol. The van der Waals surface area contributed by atoms with Gasteiger partial charge in [0.1, 0.15) is 17.0 Å². The fourth-order valence-electron chi connectivity index (χ4n) is 2.98. The summed E-state index contributed by atoms with van der Waals surface area (Å²) < 4.78 is 15.8. The van der Waals surface area contributed by atoms with Gasteiger partial charge in [-0.1, -0.05) is 19.3 Å². The molecule has 146 valence electrons. The Labute approximate surface area is 159 Å². The van der Waals surface area contributed by atoms with E-state index in [0.717, 1.165) is 19.3 Å². The highest BCUT2D eigenvalue weighted by Crippen LogP contribution is 2.27. The molecule has 1 aromatic carbocycles. The molecule has 0 bridgehead atoms. The molecule has 0 aliphatic heterocycles. The third-order valence-corrected chi connectivity index (χ3v) is 4.45. The fourth-order valence-corrected chi connectivity index (χ4v) is 2.98. The molecule has 1 saturated carbocycles. The smallest absolute Gasteiger partial charge is 0.344 e. The zero-order valence-corrected chi connectivity index (χ0v) is 15.8. The van der Waals surface area contributed by atoms with Gasteiger partial charge in [0.15, 0.2) is 12.7 Å². The number of benzene rings is 1. The summed E-state index contributed by atoms with van der Waals surface area (Å²) in [5, 5.41) is 12.2. The van der Waals surface area contributed by atoms with Crippen LogP contribution in [-0.4, -0.2) is 36.7 Å². The lowest BCUT2D eigenvalue weighted by Gasteiger charge is -2.32. The number of nitrogens with zero attached hydrogens (tertiary/aromatic N) is 1. The van der Waals surface area contributed by atoms with E-state index in [4.69, 9.17) is 14.2 Å². The minimum Gasteiger partial charge on any atom is -0.494 e. The Balaban J connectivity index is 1.78. The highest BCUT2D eigenvalue weighted by Gasteiger charge is 2.35. The standard InChI is InChI=1S/C20H26N2O5/c1-3-25-16-7-9-17(10-8-16)26-13-18(23)27-15(2)19(24)22-20(14-21)11-5-4-6-12-20/h7-10,15H,3-6,11-13H2,1-2H3,(H,22,24)/t15-/m0/s1. The van der Waals surface area contributed by atoms with Crippen LogP contribution in [0.2, 0.25) is 0 Å². The van der Waals surface area contributed by atoms with Gasteiger partial charge in [-0.15, -0.1) is 0 Å². The molecular weight excluding hydrogens is 348 g/mol. The van der Waals surface area contributed by atoms with Gasteiger partial charge < -0.3 is 19.5 Å². The van der Waals surface area contributed by atoms with Crippen molar-refractivity contribution >= 4 is 11.9 Å². The van der Waals surface area contributed by atoms with E-state index in [1.165, 1.54) is 6.92 Å². The van der Waals surface area contributed by atoms with E-state index in [1.807, 2.05) is 6.92 Å². The second-order valence-electron chi connectivity index (χ2n) is 6.57. The van der Waals surface area contributed by atoms with E-state index in [-0.39, 0.29) is 6.61 Å². The average Bonchev–Trinajstić information content (AvgIpc) is 2.68. The van der Waals surface area contributed by atoms with Crippen molar-refractivity contribution in [2.75, 3.05) is 13.2 Å². The summed E-state index contributed by atoms with van der Waals surface area (Å²) in [4.78, 5) is 24.2. The number of amides is 1. The number of rotatable bonds is 8. The lowest BCUT2D eigenvalue weighted by Crippen LogP contribution is -2.52. The first kappa shape index (κ1) is 20.6. The van der Waals surface area contributed by atoms with Crippen molar-refractivity contribution in [1.29, 1.82) is 5.26 Å². The molecule has 27 heavy (non-hydrogen) atoms. The predicted octanol–water partition coefficient (Wildman–Crippen LogP) is 2.74. The SMILES string of the molecule is CCOc1ccc(OCC(=O)O[C@@H](C)C(=O)NC2(C#N)CCCCC2)cc1. The first-order valence-corrected chi connectivity index (χ1v) is 9.26. The maximum Gasteiger partial charge on any atom is 0.344 e. The zero-order valence-electron chi connectivity index (χ0n) is 15.8. The van der Waals surface area contributed by atoms with Gasteiger partial charge in [0.25, 0.3) is 5.91 Å². The van der Waals surface area contributed by atoms with Crippen LogP contribution in [0, 0.1) is 11.3 Å². The van der Waals surface area contributed by atoms with Crippen LogP contribution in [-0.2, 0) is 14.3 Å². The summed E-state index contributed by atoms with van der Waals surface area (Å²) in [5.74, 6) is 0.0963. The van der Waals surface area contributed by atoms with Gasteiger partial charge >= 0.3 is 5.97 Å². The second kappa shape index (κ2) is 9.81. The molecular formula is C20H26N2O5. The molecule has 1 N–H and O–H groups in total. The Morgan fingerprint density at radius 3 is 2.30 bits per heavy atom. The zero-order chi connectivity index (χ0) is 19.7. The summed E-state index contributed by atoms with van der Waals surface area (Å²) >= 11 is 0. The van der Waals surface area contributed by atoms with Gasteiger partial charge in [0.05, 0.1) is 12.7 Å². The Hall–Kier alpha value is -2.75. The van der Waals surface area contributed by atoms with Crippen molar-refractivity contribution in [2.45, 2.75) is 57.6 Å². The molecule has 7 nitrogen and oxygen atoms in total. The lowest BCUT2D eigenvalue weighted by molar-refractivity contribution is -0.157. The van der Waals surface area contributed by atoms with Crippen LogP contribution >= 0.6 is 0 Å². The number of hydrogen-bond donors (Lipinski definition) is 1. The average molecular weight is 374 g/mol. The van der Waals surface area contributed by atoms with Crippen molar-refractivity contribution in [3.05, 3.63) is 24.3 Å². The van der Waals surface area contributed by atoms with Crippen LogP contribution < -0.4 is 14.8 Å². The van der Waals surface area contributed by atoms with Gasteiger partial charge in [0, 0.05) is 0 Å². The number of hydrogen-bond acceptors (Lipinski definition) is 6. The monoisotopic (exact) mass is 374 g/mol. The molecule has 2 rings (SSSR count). The molecule has 0 aromatic heterocycles. The molecule has 1 atom stereocenters. The van der Waals surface area contributed by atoms with Crippen molar-refractivity contribution < 1.29 is 23.8 Å². The summed E-state index contributed by atoms with van der Waals surface area (Å²) in [6.07, 6.45) is 3.12. The molecule has 1 aliphatic rings. The second-order valence-corrected chi connectivity index (χ2v) is 6.57. The number of nitrogens with one attached hydrogen (secondary N) is 1. The molecule has 7 heteroatoms. The third kappa shape index (κ3) is 6.17. The first-order chi connectivity index (χ1) is 13.0. The van der Waals surface area contributed by atoms with E-state index >= 15 is 0 Å². The lowest BCUT2D eigenvalue weighted by atomic mass is 9.83. The molecule has 0 radical (unpaired) electrons. The van der Waals surface area contributed by atoms with Crippen LogP contribution in [0.1, 0.15) is 46.0 Å². The first-order valence-electron chi connectivity index (χ1n) is 9.26. The van der Waals surface area contributed by atoms with Gasteiger partial charge in [0.2, 0.25) is 0 Å². The third-order valence-electron chi connectivity index (χ3n) is 4.45. The van der Waals surface area contributed by atoms with E-state index in [2.05, 4.69) is 11.4 Å². The number of carbonyl (C=O) groups is 2. The quantitative estimate of drug-likeness (QED) is 0.703. The van der Waals surface area contributed by atoms with Crippen LogP contribution in [0.15, 0.2) is 24.3 Å². The van der Waals surface area contributed by atoms with Crippen molar-refractivity contribution in [1.82, 2.24) is 5.32 Å². The molecule has 1 amide bonds. The van der Waals surface area contributed by atoms with Gasteiger partial charge in [-0.2, -0.15) is 5.26 Å². The number of carbonyl (C=O) groups excluding carboxylic acids is 2. The summed E-state index contributed by atoms with van der Waals surface area (Å²) in [6, 6.07) is 9.07. The van der Waals surface area contributed by atoms with Gasteiger partial charge in [-0.05, 0) is 51.0 Å². The molecule has 0 saturated heterocycles. The van der Waals surface area contributed by atoms with E-state index in [1.54, 1.807) is 24.3 Å². The normalized spacial score (nSPS) is 16.5. The number of esters is 1. The number of ether oxygens (including phenoxy) is 3. The number of nitriles is 1. The van der Waals surface area contributed by atoms with Crippen LogP contribution in [0.25, 0.3) is 0 Å². The Bertz CT molecular complexity index is 675. The van der Waals surface area contributed by atoms with Crippen molar-refractivity contribution in [2.24, 2.45) is 0 Å². The molecule has 1 aromatic rings. The Morgan fingerprint density at radius 1 is 1.15 bits per heavy atom. The van der Waals surface area contributed by atoms with E-state index < -0.39 is 23.5 Å². The topological polar surface area (TPSA) is 97.7 Å². The van der Waals surface area contributed by atoms with Gasteiger partial charge in [-0.3, -0.25) is 4.79 Å². The summed E-state index contributed by atoms with van der Waals surface area (Å²) in [7, 11) is 0. The van der Waals surface area contributed by atoms with E-state index in [9.17, 15) is 14.9 Å². The van der Waals surface area contributed by atoms with Crippen LogP contribution in [0.4, 0.5) is 0 Å². The van der Waals surface area contributed by atoms with E-state index in [0.29, 0.717) is 30.9 Å². The molecule has 0 unspecified atom stereocenters. The summed E-state index contributed by atoms with van der Waals surface area (Å²) in [5.41, 5.74) is -0.852. The Morgan fingerprint density at radius 2 is 1.74 bits per heavy atom. The van der Waals surface area contributed by atoms with Gasteiger partial charge in [-0.25, -0.2) is 4.79 Å². The van der Waals surface area contributed by atoms with Crippen molar-refractivity contribution in [3.63, 3.8) is 0 Å². The molecule has 1 fully saturated rings. The maximum atomic E-state index is 12.3. The molecule has 1 aliphatic carbocycles. The fraction of sp³-hybridized carbons (Fsp3) is 0.550. The summed E-state index contributed by atoms with van der Waals surface area (Å²) in [6.45, 7) is 3.64.